The van der Waals surface area contributed by atoms with Crippen LogP contribution in [0.4, 0.5) is 0 Å². The van der Waals surface area contributed by atoms with Crippen LogP contribution in [0.3, 0.4) is 0 Å². The lowest BCUT2D eigenvalue weighted by Gasteiger charge is -2.12. The Labute approximate surface area is 102 Å². The molecule has 17 heavy (non-hydrogen) atoms. The van der Waals surface area contributed by atoms with Gasteiger partial charge in [0.15, 0.2) is 0 Å². The average Bonchev–Trinajstić information content (AvgIpc) is 2.37. The van der Waals surface area contributed by atoms with E-state index in [1.54, 1.807) is 0 Å². The Morgan fingerprint density at radius 1 is 1.35 bits per heavy atom. The average molecular weight is 239 g/mol. The molecule has 0 fully saturated rings. The fourth-order valence-electron chi connectivity index (χ4n) is 1.90. The van der Waals surface area contributed by atoms with Crippen molar-refractivity contribution in [3.8, 4) is 0 Å². The van der Waals surface area contributed by atoms with Crippen molar-refractivity contribution in [1.82, 2.24) is 5.32 Å². The van der Waals surface area contributed by atoms with Gasteiger partial charge in [0.1, 0.15) is 0 Å². The number of hydrogen-bond acceptors (Lipinski definition) is 3. The first-order chi connectivity index (χ1) is 8.22. The van der Waals surface area contributed by atoms with Crippen LogP contribution in [0.5, 0.6) is 0 Å². The Hall–Kier alpha value is -1.32. The first kappa shape index (κ1) is 13.7. The molecule has 0 aromatic carbocycles. The Balaban J connectivity index is 2.07. The molecule has 0 radical (unpaired) electrons. The molecule has 0 unspecified atom stereocenters. The van der Waals surface area contributed by atoms with Gasteiger partial charge in [-0.1, -0.05) is 11.6 Å². The molecule has 0 bridgehead atoms. The molecule has 1 rings (SSSR count). The quantitative estimate of drug-likeness (QED) is 0.569. The molecule has 96 valence electrons. The van der Waals surface area contributed by atoms with Crippen LogP contribution < -0.4 is 5.32 Å². The number of amides is 1. The minimum absolute atomic E-state index is 0.0770. The van der Waals surface area contributed by atoms with E-state index in [9.17, 15) is 9.59 Å². The van der Waals surface area contributed by atoms with Crippen LogP contribution in [0.25, 0.3) is 0 Å². The first-order valence-electron chi connectivity index (χ1n) is 6.24. The SMILES string of the molecule is COC(=O)CCC(=O)NCCC1=CCCCC1. The summed E-state index contributed by atoms with van der Waals surface area (Å²) in [6.07, 6.45) is 8.48. The molecule has 0 saturated heterocycles. The van der Waals surface area contributed by atoms with Crippen molar-refractivity contribution in [3.05, 3.63) is 11.6 Å². The minimum atomic E-state index is -0.338. The third-order valence-corrected chi connectivity index (χ3v) is 2.94. The lowest BCUT2D eigenvalue weighted by Crippen LogP contribution is -2.25. The zero-order valence-electron chi connectivity index (χ0n) is 10.5. The molecule has 0 heterocycles. The molecule has 0 aliphatic heterocycles. The second-order valence-electron chi connectivity index (χ2n) is 4.28. The van der Waals surface area contributed by atoms with Crippen LogP contribution in [-0.2, 0) is 14.3 Å². The molecule has 0 spiro atoms. The summed E-state index contributed by atoms with van der Waals surface area (Å²) in [4.78, 5) is 22.2. The summed E-state index contributed by atoms with van der Waals surface area (Å²) in [5, 5.41) is 2.82. The van der Waals surface area contributed by atoms with E-state index >= 15 is 0 Å². The maximum absolute atomic E-state index is 11.4. The van der Waals surface area contributed by atoms with Crippen LogP contribution in [0.1, 0.15) is 44.9 Å². The maximum Gasteiger partial charge on any atom is 0.306 e. The van der Waals surface area contributed by atoms with Crippen molar-refractivity contribution in [2.45, 2.75) is 44.9 Å². The molecule has 1 N–H and O–H groups in total. The molecule has 4 heteroatoms. The van der Waals surface area contributed by atoms with E-state index in [2.05, 4.69) is 16.1 Å². The highest BCUT2D eigenvalue weighted by Gasteiger charge is 2.07. The van der Waals surface area contributed by atoms with Gasteiger partial charge in [0, 0.05) is 13.0 Å². The number of ether oxygens (including phenoxy) is 1. The van der Waals surface area contributed by atoms with E-state index in [0.29, 0.717) is 6.54 Å². The molecule has 1 aliphatic rings. The van der Waals surface area contributed by atoms with Gasteiger partial charge < -0.3 is 10.1 Å². The van der Waals surface area contributed by atoms with Crippen LogP contribution in [0, 0.1) is 0 Å². The molecular weight excluding hydrogens is 218 g/mol. The van der Waals surface area contributed by atoms with E-state index in [1.165, 1.54) is 31.9 Å². The number of esters is 1. The van der Waals surface area contributed by atoms with Crippen LogP contribution in [0.2, 0.25) is 0 Å². The lowest BCUT2D eigenvalue weighted by atomic mass is 9.97. The van der Waals surface area contributed by atoms with Gasteiger partial charge in [0.2, 0.25) is 5.91 Å². The van der Waals surface area contributed by atoms with E-state index < -0.39 is 0 Å². The standard InChI is InChI=1S/C13H21NO3/c1-17-13(16)8-7-12(15)14-10-9-11-5-3-2-4-6-11/h5H,2-4,6-10H2,1H3,(H,14,15). The zero-order chi connectivity index (χ0) is 12.5. The summed E-state index contributed by atoms with van der Waals surface area (Å²) in [6, 6.07) is 0. The van der Waals surface area contributed by atoms with Gasteiger partial charge in [-0.25, -0.2) is 0 Å². The van der Waals surface area contributed by atoms with Crippen molar-refractivity contribution < 1.29 is 14.3 Å². The third-order valence-electron chi connectivity index (χ3n) is 2.94. The Morgan fingerprint density at radius 3 is 2.82 bits per heavy atom. The molecule has 0 atom stereocenters. The van der Waals surface area contributed by atoms with Gasteiger partial charge in [-0.05, 0) is 32.1 Å². The highest BCUT2D eigenvalue weighted by atomic mass is 16.5. The smallest absolute Gasteiger partial charge is 0.306 e. The predicted octanol–water partition coefficient (Wildman–Crippen LogP) is 1.95. The fourth-order valence-corrected chi connectivity index (χ4v) is 1.90. The second kappa shape index (κ2) is 7.87. The van der Waals surface area contributed by atoms with Crippen LogP contribution in [0.15, 0.2) is 11.6 Å². The molecule has 0 aromatic rings. The van der Waals surface area contributed by atoms with Crippen molar-refractivity contribution in [2.24, 2.45) is 0 Å². The number of carbonyl (C=O) groups is 2. The molecule has 0 saturated carbocycles. The van der Waals surface area contributed by atoms with Crippen molar-refractivity contribution >= 4 is 11.9 Å². The first-order valence-corrected chi connectivity index (χ1v) is 6.24. The van der Waals surface area contributed by atoms with E-state index in [1.807, 2.05) is 0 Å². The number of carbonyl (C=O) groups excluding carboxylic acids is 2. The number of nitrogens with one attached hydrogen (secondary N) is 1. The van der Waals surface area contributed by atoms with Crippen LogP contribution >= 0.6 is 0 Å². The summed E-state index contributed by atoms with van der Waals surface area (Å²) >= 11 is 0. The van der Waals surface area contributed by atoms with Gasteiger partial charge in [-0.15, -0.1) is 0 Å². The summed E-state index contributed by atoms with van der Waals surface area (Å²) in [5.41, 5.74) is 1.45. The molecule has 4 nitrogen and oxygen atoms in total. The highest BCUT2D eigenvalue weighted by Crippen LogP contribution is 2.19. The summed E-state index contributed by atoms with van der Waals surface area (Å²) < 4.78 is 4.47. The van der Waals surface area contributed by atoms with Gasteiger partial charge in [0.25, 0.3) is 0 Å². The number of methoxy groups -OCH3 is 1. The van der Waals surface area contributed by atoms with Gasteiger partial charge in [-0.3, -0.25) is 9.59 Å². The molecule has 0 aromatic heterocycles. The maximum atomic E-state index is 11.4. The summed E-state index contributed by atoms with van der Waals surface area (Å²) in [7, 11) is 1.33. The van der Waals surface area contributed by atoms with E-state index in [4.69, 9.17) is 0 Å². The molecule has 1 amide bonds. The Morgan fingerprint density at radius 2 is 2.18 bits per heavy atom. The minimum Gasteiger partial charge on any atom is -0.469 e. The molecule has 1 aliphatic carbocycles. The monoisotopic (exact) mass is 239 g/mol. The predicted molar refractivity (Wildman–Crippen MR) is 65.4 cm³/mol. The van der Waals surface area contributed by atoms with Gasteiger partial charge in [-0.2, -0.15) is 0 Å². The highest BCUT2D eigenvalue weighted by molar-refractivity contribution is 5.81. The number of hydrogen-bond donors (Lipinski definition) is 1. The van der Waals surface area contributed by atoms with Crippen molar-refractivity contribution in [2.75, 3.05) is 13.7 Å². The van der Waals surface area contributed by atoms with Crippen molar-refractivity contribution in [1.29, 1.82) is 0 Å². The van der Waals surface area contributed by atoms with E-state index in [0.717, 1.165) is 12.8 Å². The summed E-state index contributed by atoms with van der Waals surface area (Å²) in [6.45, 7) is 0.672. The fraction of sp³-hybridized carbons (Fsp3) is 0.692. The van der Waals surface area contributed by atoms with Gasteiger partial charge >= 0.3 is 5.97 Å². The topological polar surface area (TPSA) is 55.4 Å². The van der Waals surface area contributed by atoms with Gasteiger partial charge in [0.05, 0.1) is 13.5 Å². The lowest BCUT2D eigenvalue weighted by molar-refractivity contribution is -0.142. The third kappa shape index (κ3) is 6.09. The second-order valence-corrected chi connectivity index (χ2v) is 4.28. The number of rotatable bonds is 6. The normalized spacial score (nSPS) is 15.0. The largest absolute Gasteiger partial charge is 0.469 e. The Kier molecular flexibility index (Phi) is 6.37. The Bertz CT molecular complexity index is 297. The van der Waals surface area contributed by atoms with Crippen molar-refractivity contribution in [3.63, 3.8) is 0 Å². The van der Waals surface area contributed by atoms with E-state index in [-0.39, 0.29) is 24.7 Å². The summed E-state index contributed by atoms with van der Waals surface area (Å²) in [5.74, 6) is -0.415. The zero-order valence-corrected chi connectivity index (χ0v) is 10.5. The molecular formula is C13H21NO3. The number of allylic oxidation sites excluding steroid dienone is 1. The van der Waals surface area contributed by atoms with Crippen LogP contribution in [-0.4, -0.2) is 25.5 Å².